The number of nitrogens with zero attached hydrogens (tertiary/aromatic N) is 3. The largest absolute Gasteiger partial charge is 0.497 e. The molecule has 0 aliphatic carbocycles. The fraction of sp³-hybridized carbons (Fsp3) is 0.348. The number of benzene rings is 2. The predicted octanol–water partition coefficient (Wildman–Crippen LogP) is 4.32. The van der Waals surface area contributed by atoms with Gasteiger partial charge in [-0.15, -0.1) is 10.2 Å². The average molecular weight is 457 g/mol. The van der Waals surface area contributed by atoms with Gasteiger partial charge in [0.05, 0.1) is 19.5 Å². The van der Waals surface area contributed by atoms with Crippen molar-refractivity contribution in [3.8, 4) is 17.2 Å². The second kappa shape index (κ2) is 11.4. The first kappa shape index (κ1) is 23.5. The molecule has 3 rings (SSSR count). The fourth-order valence-corrected chi connectivity index (χ4v) is 3.84. The number of anilines is 1. The van der Waals surface area contributed by atoms with Crippen LogP contribution in [0, 0.1) is 6.92 Å². The minimum Gasteiger partial charge on any atom is -0.497 e. The van der Waals surface area contributed by atoms with Crippen LogP contribution in [-0.2, 0) is 17.9 Å². The molecule has 0 spiro atoms. The molecular weight excluding hydrogens is 428 g/mol. The highest BCUT2D eigenvalue weighted by atomic mass is 32.2. The van der Waals surface area contributed by atoms with Crippen molar-refractivity contribution in [2.75, 3.05) is 24.8 Å². The van der Waals surface area contributed by atoms with E-state index in [0.29, 0.717) is 47.1 Å². The zero-order valence-electron chi connectivity index (χ0n) is 18.8. The number of hydrogen-bond donors (Lipinski definition) is 1. The molecule has 2 aromatic carbocycles. The van der Waals surface area contributed by atoms with E-state index < -0.39 is 0 Å². The first-order valence-corrected chi connectivity index (χ1v) is 11.4. The van der Waals surface area contributed by atoms with Crippen LogP contribution < -0.4 is 19.5 Å². The molecule has 1 heterocycles. The van der Waals surface area contributed by atoms with Crippen LogP contribution in [0.2, 0.25) is 0 Å². The zero-order chi connectivity index (χ0) is 22.9. The molecule has 1 amide bonds. The SMILES string of the molecule is CCOc1cc(C)ccc1OCc1nnc(SCC(=O)Nc2cccc(OC)c2)n1CC. The van der Waals surface area contributed by atoms with Crippen LogP contribution in [0.5, 0.6) is 17.2 Å². The van der Waals surface area contributed by atoms with Gasteiger partial charge in [0.2, 0.25) is 5.91 Å². The summed E-state index contributed by atoms with van der Waals surface area (Å²) in [6.45, 7) is 7.42. The second-order valence-corrected chi connectivity index (χ2v) is 7.83. The molecule has 0 saturated carbocycles. The lowest BCUT2D eigenvalue weighted by atomic mass is 10.2. The molecule has 0 aliphatic rings. The van der Waals surface area contributed by atoms with E-state index in [1.807, 2.05) is 61.7 Å². The molecule has 0 saturated heterocycles. The third kappa shape index (κ3) is 6.16. The van der Waals surface area contributed by atoms with Crippen LogP contribution in [0.3, 0.4) is 0 Å². The van der Waals surface area contributed by atoms with E-state index in [4.69, 9.17) is 14.2 Å². The topological polar surface area (TPSA) is 87.5 Å². The lowest BCUT2D eigenvalue weighted by Crippen LogP contribution is -2.15. The van der Waals surface area contributed by atoms with Gasteiger partial charge in [0, 0.05) is 18.3 Å². The van der Waals surface area contributed by atoms with Crippen molar-refractivity contribution in [1.29, 1.82) is 0 Å². The van der Waals surface area contributed by atoms with Gasteiger partial charge in [-0.1, -0.05) is 23.9 Å². The number of aromatic nitrogens is 3. The number of ether oxygens (including phenoxy) is 3. The summed E-state index contributed by atoms with van der Waals surface area (Å²) in [4.78, 5) is 12.4. The van der Waals surface area contributed by atoms with Crippen molar-refractivity contribution in [1.82, 2.24) is 14.8 Å². The summed E-state index contributed by atoms with van der Waals surface area (Å²) in [5, 5.41) is 12.0. The number of thioether (sulfide) groups is 1. The molecule has 0 fully saturated rings. The Morgan fingerprint density at radius 1 is 1.09 bits per heavy atom. The third-order valence-corrected chi connectivity index (χ3v) is 5.52. The molecule has 9 heteroatoms. The van der Waals surface area contributed by atoms with Crippen molar-refractivity contribution in [3.63, 3.8) is 0 Å². The smallest absolute Gasteiger partial charge is 0.234 e. The van der Waals surface area contributed by atoms with E-state index in [-0.39, 0.29) is 18.3 Å². The second-order valence-electron chi connectivity index (χ2n) is 6.88. The summed E-state index contributed by atoms with van der Waals surface area (Å²) in [6.07, 6.45) is 0. The molecule has 170 valence electrons. The number of carbonyl (C=O) groups excluding carboxylic acids is 1. The Morgan fingerprint density at radius 2 is 1.94 bits per heavy atom. The van der Waals surface area contributed by atoms with Gasteiger partial charge >= 0.3 is 0 Å². The van der Waals surface area contributed by atoms with Gasteiger partial charge in [-0.2, -0.15) is 0 Å². The fourth-order valence-electron chi connectivity index (χ4n) is 3.02. The summed E-state index contributed by atoms with van der Waals surface area (Å²) >= 11 is 1.33. The van der Waals surface area contributed by atoms with E-state index in [1.165, 1.54) is 11.8 Å². The lowest BCUT2D eigenvalue weighted by molar-refractivity contribution is -0.113. The van der Waals surface area contributed by atoms with Crippen LogP contribution in [0.25, 0.3) is 0 Å². The van der Waals surface area contributed by atoms with E-state index in [2.05, 4.69) is 15.5 Å². The van der Waals surface area contributed by atoms with E-state index in [0.717, 1.165) is 5.56 Å². The number of methoxy groups -OCH3 is 1. The Kier molecular flexibility index (Phi) is 8.38. The highest BCUT2D eigenvalue weighted by Crippen LogP contribution is 2.29. The van der Waals surface area contributed by atoms with E-state index in [9.17, 15) is 4.79 Å². The maximum Gasteiger partial charge on any atom is 0.234 e. The molecule has 32 heavy (non-hydrogen) atoms. The van der Waals surface area contributed by atoms with Gasteiger partial charge in [0.1, 0.15) is 12.4 Å². The zero-order valence-corrected chi connectivity index (χ0v) is 19.6. The van der Waals surface area contributed by atoms with E-state index in [1.54, 1.807) is 13.2 Å². The van der Waals surface area contributed by atoms with Crippen molar-refractivity contribution in [3.05, 3.63) is 53.9 Å². The summed E-state index contributed by atoms with van der Waals surface area (Å²) in [6, 6.07) is 13.1. The van der Waals surface area contributed by atoms with Crippen molar-refractivity contribution in [2.24, 2.45) is 0 Å². The number of carbonyl (C=O) groups is 1. The molecule has 0 bridgehead atoms. The molecule has 3 aromatic rings. The molecule has 0 aliphatic heterocycles. The number of nitrogens with one attached hydrogen (secondary N) is 1. The Morgan fingerprint density at radius 3 is 2.69 bits per heavy atom. The standard InChI is InChI=1S/C23H28N4O4S/c1-5-27-21(14-31-19-11-10-16(3)12-20(19)30-6-2)25-26-23(27)32-15-22(28)24-17-8-7-9-18(13-17)29-4/h7-13H,5-6,14-15H2,1-4H3,(H,24,28). The monoisotopic (exact) mass is 456 g/mol. The van der Waals surface area contributed by atoms with E-state index >= 15 is 0 Å². The van der Waals surface area contributed by atoms with Crippen LogP contribution >= 0.6 is 11.8 Å². The summed E-state index contributed by atoms with van der Waals surface area (Å²) in [5.41, 5.74) is 1.78. The van der Waals surface area contributed by atoms with Crippen molar-refractivity contribution < 1.29 is 19.0 Å². The molecule has 0 atom stereocenters. The average Bonchev–Trinajstić information content (AvgIpc) is 3.19. The minimum absolute atomic E-state index is 0.132. The number of amides is 1. The molecule has 0 radical (unpaired) electrons. The lowest BCUT2D eigenvalue weighted by Gasteiger charge is -2.13. The van der Waals surface area contributed by atoms with Gasteiger partial charge in [-0.3, -0.25) is 4.79 Å². The van der Waals surface area contributed by atoms with Crippen LogP contribution in [0.15, 0.2) is 47.6 Å². The summed E-state index contributed by atoms with van der Waals surface area (Å²) in [5.74, 6) is 2.82. The summed E-state index contributed by atoms with van der Waals surface area (Å²) < 4.78 is 18.8. The summed E-state index contributed by atoms with van der Waals surface area (Å²) in [7, 11) is 1.59. The Hall–Kier alpha value is -3.20. The van der Waals surface area contributed by atoms with Gasteiger partial charge in [0.25, 0.3) is 0 Å². The minimum atomic E-state index is -0.132. The first-order valence-electron chi connectivity index (χ1n) is 10.4. The van der Waals surface area contributed by atoms with Crippen LogP contribution in [0.4, 0.5) is 5.69 Å². The highest BCUT2D eigenvalue weighted by molar-refractivity contribution is 7.99. The highest BCUT2D eigenvalue weighted by Gasteiger charge is 2.15. The first-order chi connectivity index (χ1) is 15.5. The molecule has 1 aromatic heterocycles. The van der Waals surface area contributed by atoms with Gasteiger partial charge in [-0.05, 0) is 50.6 Å². The molecule has 1 N–H and O–H groups in total. The van der Waals surface area contributed by atoms with Gasteiger partial charge in [0.15, 0.2) is 22.5 Å². The van der Waals surface area contributed by atoms with Gasteiger partial charge < -0.3 is 24.1 Å². The van der Waals surface area contributed by atoms with Crippen molar-refractivity contribution in [2.45, 2.75) is 39.1 Å². The maximum atomic E-state index is 12.4. The quantitative estimate of drug-likeness (QED) is 0.430. The predicted molar refractivity (Wildman–Crippen MR) is 125 cm³/mol. The number of aryl methyl sites for hydroxylation is 1. The van der Waals surface area contributed by atoms with Crippen LogP contribution in [0.1, 0.15) is 25.2 Å². The Labute approximate surface area is 192 Å². The van der Waals surface area contributed by atoms with Gasteiger partial charge in [-0.25, -0.2) is 0 Å². The number of hydrogen-bond acceptors (Lipinski definition) is 7. The third-order valence-electron chi connectivity index (χ3n) is 4.55. The molecule has 8 nitrogen and oxygen atoms in total. The van der Waals surface area contributed by atoms with Crippen molar-refractivity contribution >= 4 is 23.4 Å². The van der Waals surface area contributed by atoms with Crippen LogP contribution in [-0.4, -0.2) is 40.1 Å². The Balaban J connectivity index is 1.60. The Bertz CT molecular complexity index is 1050. The maximum absolute atomic E-state index is 12.4. The molecular formula is C23H28N4O4S. The normalized spacial score (nSPS) is 10.6. The molecule has 0 unspecified atom stereocenters. The number of rotatable bonds is 11.